The zero-order valence-corrected chi connectivity index (χ0v) is 12.8. The van der Waals surface area contributed by atoms with Crippen LogP contribution in [0.15, 0.2) is 40.8 Å². The summed E-state index contributed by atoms with van der Waals surface area (Å²) in [6.07, 6.45) is 0. The number of ether oxygens (including phenoxy) is 1. The summed E-state index contributed by atoms with van der Waals surface area (Å²) >= 11 is 0. The van der Waals surface area contributed by atoms with E-state index in [0.717, 1.165) is 0 Å². The predicted octanol–water partition coefficient (Wildman–Crippen LogP) is 3.80. The van der Waals surface area contributed by atoms with E-state index in [2.05, 4.69) is 11.4 Å². The highest BCUT2D eigenvalue weighted by molar-refractivity contribution is 6.11. The second-order valence-corrected chi connectivity index (χ2v) is 4.90. The van der Waals surface area contributed by atoms with Crippen molar-refractivity contribution in [3.8, 4) is 17.1 Å². The van der Waals surface area contributed by atoms with Gasteiger partial charge in [0.15, 0.2) is 0 Å². The van der Waals surface area contributed by atoms with Crippen LogP contribution in [-0.2, 0) is 0 Å². The number of fused-ring (bicyclic) bond motifs is 1. The van der Waals surface area contributed by atoms with Crippen molar-refractivity contribution in [2.75, 3.05) is 13.7 Å². The molecule has 5 heteroatoms. The average Bonchev–Trinajstić information content (AvgIpc) is 2.93. The van der Waals surface area contributed by atoms with Gasteiger partial charge in [-0.3, -0.25) is 4.79 Å². The van der Waals surface area contributed by atoms with Gasteiger partial charge in [-0.05, 0) is 37.3 Å². The van der Waals surface area contributed by atoms with Crippen LogP contribution in [0.3, 0.4) is 0 Å². The van der Waals surface area contributed by atoms with Gasteiger partial charge in [0.1, 0.15) is 22.9 Å². The lowest BCUT2D eigenvalue weighted by Crippen LogP contribution is -2.18. The Bertz CT molecular complexity index is 853. The average molecular weight is 312 g/mol. The second-order valence-electron chi connectivity index (χ2n) is 4.90. The summed E-state index contributed by atoms with van der Waals surface area (Å²) in [5.74, 6) is 0.309. The molecule has 23 heavy (non-hydrogen) atoms. The first-order valence-electron chi connectivity index (χ1n) is 7.23. The lowest BCUT2D eigenvalue weighted by molar-refractivity contribution is 0.0964. The van der Waals surface area contributed by atoms with E-state index in [1.54, 1.807) is 31.3 Å². The smallest absolute Gasteiger partial charge is 0.255 e. The molecule has 2 aromatic carbocycles. The fraction of sp³-hybridized carbons (Fsp3) is 0.167. The number of halogens is 1. The quantitative estimate of drug-likeness (QED) is 0.797. The highest BCUT2D eigenvalue weighted by Crippen LogP contribution is 2.35. The van der Waals surface area contributed by atoms with Crippen LogP contribution >= 0.6 is 0 Å². The maximum absolute atomic E-state index is 13.1. The van der Waals surface area contributed by atoms with Gasteiger partial charge in [0.25, 0.3) is 5.91 Å². The van der Waals surface area contributed by atoms with E-state index in [1.807, 2.05) is 6.92 Å². The number of carbonyl (C=O) groups is 1. The standard InChI is InChI=1S/C18H15FNO3/c1-3-22-13-8-9-14-15(10-13)23-17(16(14)18(21)20-2)11-4-6-12(19)7-5-11/h4-7,9-10H,3H2,1-2H3,(H,20,21). The van der Waals surface area contributed by atoms with Gasteiger partial charge in [-0.1, -0.05) is 0 Å². The van der Waals surface area contributed by atoms with Gasteiger partial charge in [0.05, 0.1) is 12.2 Å². The molecule has 0 bridgehead atoms. The van der Waals surface area contributed by atoms with Crippen molar-refractivity contribution in [2.24, 2.45) is 0 Å². The summed E-state index contributed by atoms with van der Waals surface area (Å²) in [6.45, 7) is 2.38. The molecule has 0 saturated carbocycles. The molecular formula is C18H15FNO3. The highest BCUT2D eigenvalue weighted by atomic mass is 19.1. The molecule has 0 spiro atoms. The zero-order valence-electron chi connectivity index (χ0n) is 12.8. The fourth-order valence-electron chi connectivity index (χ4n) is 2.41. The van der Waals surface area contributed by atoms with Crippen LogP contribution in [0.5, 0.6) is 5.75 Å². The first-order valence-corrected chi connectivity index (χ1v) is 7.23. The Hall–Kier alpha value is -2.82. The molecule has 0 atom stereocenters. The maximum atomic E-state index is 13.1. The first kappa shape index (κ1) is 15.1. The number of rotatable bonds is 4. The van der Waals surface area contributed by atoms with Crippen molar-refractivity contribution < 1.29 is 18.3 Å². The third-order valence-electron chi connectivity index (χ3n) is 3.46. The van der Waals surface area contributed by atoms with Crippen molar-refractivity contribution in [1.29, 1.82) is 0 Å². The Kier molecular flexibility index (Phi) is 4.02. The number of benzene rings is 2. The SMILES string of the molecule is CCOc1[c]cc2c(C(=O)NC)c(-c3ccc(F)cc3)oc2c1. The van der Waals surface area contributed by atoms with E-state index in [1.165, 1.54) is 12.1 Å². The lowest BCUT2D eigenvalue weighted by atomic mass is 10.0. The predicted molar refractivity (Wildman–Crippen MR) is 85.0 cm³/mol. The largest absolute Gasteiger partial charge is 0.493 e. The summed E-state index contributed by atoms with van der Waals surface area (Å²) in [4.78, 5) is 12.3. The molecule has 1 amide bonds. The molecule has 1 aromatic heterocycles. The normalized spacial score (nSPS) is 10.7. The van der Waals surface area contributed by atoms with Gasteiger partial charge in [-0.25, -0.2) is 4.39 Å². The number of amides is 1. The Morgan fingerprint density at radius 1 is 1.35 bits per heavy atom. The van der Waals surface area contributed by atoms with Crippen LogP contribution in [0.2, 0.25) is 0 Å². The molecule has 1 N–H and O–H groups in total. The van der Waals surface area contributed by atoms with Crippen LogP contribution in [0.25, 0.3) is 22.3 Å². The van der Waals surface area contributed by atoms with Gasteiger partial charge in [-0.15, -0.1) is 0 Å². The number of hydrogen-bond donors (Lipinski definition) is 1. The highest BCUT2D eigenvalue weighted by Gasteiger charge is 2.21. The number of hydrogen-bond acceptors (Lipinski definition) is 3. The molecule has 4 nitrogen and oxygen atoms in total. The molecule has 0 aliphatic rings. The monoisotopic (exact) mass is 312 g/mol. The molecule has 3 aromatic rings. The number of nitrogens with one attached hydrogen (secondary N) is 1. The molecule has 117 valence electrons. The minimum absolute atomic E-state index is 0.277. The van der Waals surface area contributed by atoms with Crippen LogP contribution < -0.4 is 10.1 Å². The fourth-order valence-corrected chi connectivity index (χ4v) is 2.41. The van der Waals surface area contributed by atoms with Gasteiger partial charge in [0.2, 0.25) is 0 Å². The number of furan rings is 1. The van der Waals surface area contributed by atoms with E-state index in [4.69, 9.17) is 9.15 Å². The summed E-state index contributed by atoms with van der Waals surface area (Å²) in [7, 11) is 1.55. The minimum Gasteiger partial charge on any atom is -0.493 e. The molecule has 3 rings (SSSR count). The summed E-state index contributed by atoms with van der Waals surface area (Å²) in [6, 6.07) is 12.2. The molecule has 0 unspecified atom stereocenters. The topological polar surface area (TPSA) is 51.5 Å². The molecule has 0 aliphatic carbocycles. The van der Waals surface area contributed by atoms with E-state index in [-0.39, 0.29) is 11.7 Å². The van der Waals surface area contributed by atoms with Crippen LogP contribution in [-0.4, -0.2) is 19.6 Å². The van der Waals surface area contributed by atoms with Crippen LogP contribution in [0, 0.1) is 11.9 Å². The van der Waals surface area contributed by atoms with E-state index in [0.29, 0.717) is 40.2 Å². The van der Waals surface area contributed by atoms with Gasteiger partial charge < -0.3 is 14.5 Å². The van der Waals surface area contributed by atoms with Crippen molar-refractivity contribution in [3.63, 3.8) is 0 Å². The van der Waals surface area contributed by atoms with Gasteiger partial charge >= 0.3 is 0 Å². The van der Waals surface area contributed by atoms with E-state index >= 15 is 0 Å². The van der Waals surface area contributed by atoms with Crippen LogP contribution in [0.1, 0.15) is 17.3 Å². The molecule has 0 aliphatic heterocycles. The molecular weight excluding hydrogens is 297 g/mol. The number of carbonyl (C=O) groups excluding carboxylic acids is 1. The van der Waals surface area contributed by atoms with Gasteiger partial charge in [-0.2, -0.15) is 0 Å². The third-order valence-corrected chi connectivity index (χ3v) is 3.46. The molecule has 1 radical (unpaired) electrons. The molecule has 1 heterocycles. The second kappa shape index (κ2) is 6.12. The summed E-state index contributed by atoms with van der Waals surface area (Å²) < 4.78 is 24.4. The maximum Gasteiger partial charge on any atom is 0.255 e. The van der Waals surface area contributed by atoms with Crippen molar-refractivity contribution >= 4 is 16.9 Å². The first-order chi connectivity index (χ1) is 11.1. The summed E-state index contributed by atoms with van der Waals surface area (Å²) in [5, 5.41) is 3.23. The lowest BCUT2D eigenvalue weighted by Gasteiger charge is -2.02. The minimum atomic E-state index is -0.349. The van der Waals surface area contributed by atoms with Crippen LogP contribution in [0.4, 0.5) is 4.39 Å². The van der Waals surface area contributed by atoms with Gasteiger partial charge in [0, 0.05) is 30.1 Å². The Morgan fingerprint density at radius 2 is 2.09 bits per heavy atom. The van der Waals surface area contributed by atoms with E-state index < -0.39 is 0 Å². The summed E-state index contributed by atoms with van der Waals surface area (Å²) in [5.41, 5.74) is 1.54. The van der Waals surface area contributed by atoms with E-state index in [9.17, 15) is 9.18 Å². The third kappa shape index (κ3) is 2.77. The van der Waals surface area contributed by atoms with Crippen molar-refractivity contribution in [3.05, 3.63) is 53.8 Å². The van der Waals surface area contributed by atoms with Crippen molar-refractivity contribution in [2.45, 2.75) is 6.92 Å². The van der Waals surface area contributed by atoms with Crippen molar-refractivity contribution in [1.82, 2.24) is 5.32 Å². The Balaban J connectivity index is 2.22. The molecule has 0 fully saturated rings. The molecule has 0 saturated heterocycles. The zero-order chi connectivity index (χ0) is 16.4. The Morgan fingerprint density at radius 3 is 2.74 bits per heavy atom. The Labute approximate surface area is 132 Å².